The lowest BCUT2D eigenvalue weighted by Crippen LogP contribution is -2.22. The Balaban J connectivity index is 1.85. The van der Waals surface area contributed by atoms with Gasteiger partial charge in [0.05, 0.1) is 11.4 Å². The van der Waals surface area contributed by atoms with E-state index in [4.69, 9.17) is 27.7 Å². The van der Waals surface area contributed by atoms with E-state index >= 15 is 0 Å². The number of amides is 1. The number of hydrogen-bond acceptors (Lipinski definition) is 4. The van der Waals surface area contributed by atoms with E-state index in [1.807, 2.05) is 0 Å². The van der Waals surface area contributed by atoms with Crippen LogP contribution in [0.2, 0.25) is 10.0 Å². The number of halogens is 2. The standard InChI is InChI=1S/C19H15Cl2N3O2/c1-12-9-18(26-24-12)17(11-22-15-7-5-13(20)6-8-15)19(25)23-16-4-2-3-14(21)10-16/h2-11,17H,1H3,(H,23,25). The van der Waals surface area contributed by atoms with Gasteiger partial charge in [-0.25, -0.2) is 0 Å². The summed E-state index contributed by atoms with van der Waals surface area (Å²) in [5.41, 5.74) is 1.94. The van der Waals surface area contributed by atoms with Crippen LogP contribution in [0.1, 0.15) is 17.4 Å². The van der Waals surface area contributed by atoms with Crippen LogP contribution in [0.5, 0.6) is 0 Å². The van der Waals surface area contributed by atoms with Crippen LogP contribution in [0.25, 0.3) is 0 Å². The Bertz CT molecular complexity index is 936. The predicted molar refractivity (Wildman–Crippen MR) is 104 cm³/mol. The van der Waals surface area contributed by atoms with E-state index in [2.05, 4.69) is 15.5 Å². The summed E-state index contributed by atoms with van der Waals surface area (Å²) >= 11 is 11.8. The van der Waals surface area contributed by atoms with Gasteiger partial charge in [-0.2, -0.15) is 0 Å². The SMILES string of the molecule is Cc1cc(C(C=Nc2ccc(Cl)cc2)C(=O)Nc2cccc(Cl)c2)on1. The fraction of sp³-hybridized carbons (Fsp3) is 0.105. The van der Waals surface area contributed by atoms with E-state index in [-0.39, 0.29) is 5.91 Å². The molecule has 3 aromatic rings. The molecule has 0 bridgehead atoms. The van der Waals surface area contributed by atoms with Crippen molar-refractivity contribution >= 4 is 46.7 Å². The Morgan fingerprint density at radius 3 is 2.58 bits per heavy atom. The zero-order valence-corrected chi connectivity index (χ0v) is 15.3. The summed E-state index contributed by atoms with van der Waals surface area (Å²) in [6.45, 7) is 1.79. The van der Waals surface area contributed by atoms with Crippen molar-refractivity contribution in [3.63, 3.8) is 0 Å². The first-order chi connectivity index (χ1) is 12.5. The number of aromatic nitrogens is 1. The molecule has 132 valence electrons. The van der Waals surface area contributed by atoms with Gasteiger partial charge in [-0.3, -0.25) is 9.79 Å². The fourth-order valence-electron chi connectivity index (χ4n) is 2.27. The second kappa shape index (κ2) is 8.17. The van der Waals surface area contributed by atoms with Gasteiger partial charge in [0.2, 0.25) is 5.91 Å². The smallest absolute Gasteiger partial charge is 0.240 e. The Hall–Kier alpha value is -2.63. The average molecular weight is 388 g/mol. The van der Waals surface area contributed by atoms with Gasteiger partial charge in [0.1, 0.15) is 5.92 Å². The van der Waals surface area contributed by atoms with Crippen molar-refractivity contribution < 1.29 is 9.32 Å². The molecule has 0 saturated carbocycles. The van der Waals surface area contributed by atoms with Crippen LogP contribution in [-0.4, -0.2) is 17.3 Å². The molecule has 1 aromatic heterocycles. The Morgan fingerprint density at radius 1 is 1.15 bits per heavy atom. The van der Waals surface area contributed by atoms with Gasteiger partial charge in [0, 0.05) is 28.0 Å². The zero-order chi connectivity index (χ0) is 18.5. The molecule has 0 aliphatic carbocycles. The molecule has 0 fully saturated rings. The van der Waals surface area contributed by atoms with E-state index in [1.54, 1.807) is 61.5 Å². The van der Waals surface area contributed by atoms with Crippen molar-refractivity contribution in [1.82, 2.24) is 5.16 Å². The van der Waals surface area contributed by atoms with E-state index in [0.29, 0.717) is 32.9 Å². The molecule has 0 aliphatic rings. The quantitative estimate of drug-likeness (QED) is 0.594. The maximum Gasteiger partial charge on any atom is 0.240 e. The van der Waals surface area contributed by atoms with Gasteiger partial charge < -0.3 is 9.84 Å². The molecular formula is C19H15Cl2N3O2. The molecular weight excluding hydrogens is 373 g/mol. The molecule has 5 nitrogen and oxygen atoms in total. The molecule has 26 heavy (non-hydrogen) atoms. The fourth-order valence-corrected chi connectivity index (χ4v) is 2.59. The molecule has 1 atom stereocenters. The van der Waals surface area contributed by atoms with Crippen LogP contribution < -0.4 is 5.32 Å². The molecule has 1 amide bonds. The first-order valence-corrected chi connectivity index (χ1v) is 8.56. The number of rotatable bonds is 5. The lowest BCUT2D eigenvalue weighted by atomic mass is 10.1. The summed E-state index contributed by atoms with van der Waals surface area (Å²) in [6, 6.07) is 15.6. The third kappa shape index (κ3) is 4.71. The first kappa shape index (κ1) is 18.2. The van der Waals surface area contributed by atoms with Gasteiger partial charge >= 0.3 is 0 Å². The molecule has 2 aromatic carbocycles. The number of nitrogens with zero attached hydrogens (tertiary/aromatic N) is 2. The molecule has 0 aliphatic heterocycles. The molecule has 0 saturated heterocycles. The Morgan fingerprint density at radius 2 is 1.92 bits per heavy atom. The molecule has 7 heteroatoms. The summed E-state index contributed by atoms with van der Waals surface area (Å²) in [7, 11) is 0. The van der Waals surface area contributed by atoms with E-state index in [9.17, 15) is 4.79 Å². The van der Waals surface area contributed by atoms with Crippen LogP contribution in [0, 0.1) is 6.92 Å². The minimum Gasteiger partial charge on any atom is -0.360 e. The number of carbonyl (C=O) groups is 1. The zero-order valence-electron chi connectivity index (χ0n) is 13.8. The maximum absolute atomic E-state index is 12.8. The van der Waals surface area contributed by atoms with Crippen molar-refractivity contribution in [3.8, 4) is 0 Å². The first-order valence-electron chi connectivity index (χ1n) is 7.80. The van der Waals surface area contributed by atoms with Crippen LogP contribution in [0.3, 0.4) is 0 Å². The number of aliphatic imine (C=N–C) groups is 1. The third-order valence-corrected chi connectivity index (χ3v) is 4.01. The molecule has 3 rings (SSSR count). The molecule has 0 radical (unpaired) electrons. The summed E-state index contributed by atoms with van der Waals surface area (Å²) in [6.07, 6.45) is 1.52. The normalized spacial score (nSPS) is 12.3. The second-order valence-corrected chi connectivity index (χ2v) is 6.48. The molecule has 1 N–H and O–H groups in total. The number of aryl methyl sites for hydroxylation is 1. The van der Waals surface area contributed by atoms with Gasteiger partial charge in [-0.15, -0.1) is 0 Å². The number of carbonyl (C=O) groups excluding carboxylic acids is 1. The maximum atomic E-state index is 12.8. The van der Waals surface area contributed by atoms with E-state index < -0.39 is 5.92 Å². The van der Waals surface area contributed by atoms with E-state index in [1.165, 1.54) is 6.21 Å². The summed E-state index contributed by atoms with van der Waals surface area (Å²) < 4.78 is 5.27. The Labute approximate surface area is 160 Å². The minimum absolute atomic E-state index is 0.305. The average Bonchev–Trinajstić information content (AvgIpc) is 3.03. The molecule has 0 spiro atoms. The topological polar surface area (TPSA) is 67.5 Å². The highest BCUT2D eigenvalue weighted by Gasteiger charge is 2.23. The van der Waals surface area contributed by atoms with Gasteiger partial charge in [-0.1, -0.05) is 34.4 Å². The lowest BCUT2D eigenvalue weighted by Gasteiger charge is -2.10. The van der Waals surface area contributed by atoms with Crippen LogP contribution in [-0.2, 0) is 4.79 Å². The molecule has 1 unspecified atom stereocenters. The van der Waals surface area contributed by atoms with Crippen molar-refractivity contribution in [3.05, 3.63) is 76.1 Å². The van der Waals surface area contributed by atoms with Crippen LogP contribution in [0.15, 0.2) is 64.1 Å². The monoisotopic (exact) mass is 387 g/mol. The van der Waals surface area contributed by atoms with Gasteiger partial charge in [0.25, 0.3) is 0 Å². The van der Waals surface area contributed by atoms with E-state index in [0.717, 1.165) is 0 Å². The van der Waals surface area contributed by atoms with Crippen molar-refractivity contribution in [1.29, 1.82) is 0 Å². The highest BCUT2D eigenvalue weighted by Crippen LogP contribution is 2.22. The Kier molecular flexibility index (Phi) is 5.71. The van der Waals surface area contributed by atoms with Crippen LogP contribution in [0.4, 0.5) is 11.4 Å². The largest absolute Gasteiger partial charge is 0.360 e. The van der Waals surface area contributed by atoms with Gasteiger partial charge in [-0.05, 0) is 49.4 Å². The second-order valence-electron chi connectivity index (χ2n) is 5.60. The predicted octanol–water partition coefficient (Wildman–Crippen LogP) is 5.41. The summed E-state index contributed by atoms with van der Waals surface area (Å²) in [5, 5.41) is 7.81. The van der Waals surface area contributed by atoms with Crippen molar-refractivity contribution in [2.24, 2.45) is 4.99 Å². The summed E-state index contributed by atoms with van der Waals surface area (Å²) in [5.74, 6) is -0.647. The lowest BCUT2D eigenvalue weighted by molar-refractivity contribution is -0.116. The summed E-state index contributed by atoms with van der Waals surface area (Å²) in [4.78, 5) is 17.1. The van der Waals surface area contributed by atoms with Crippen molar-refractivity contribution in [2.75, 3.05) is 5.32 Å². The highest BCUT2D eigenvalue weighted by atomic mass is 35.5. The molecule has 1 heterocycles. The number of hydrogen-bond donors (Lipinski definition) is 1. The van der Waals surface area contributed by atoms with Crippen LogP contribution >= 0.6 is 23.2 Å². The van der Waals surface area contributed by atoms with Crippen molar-refractivity contribution in [2.45, 2.75) is 12.8 Å². The third-order valence-electron chi connectivity index (χ3n) is 3.53. The minimum atomic E-state index is -0.745. The highest BCUT2D eigenvalue weighted by molar-refractivity contribution is 6.31. The number of nitrogens with one attached hydrogen (secondary N) is 1. The number of benzene rings is 2. The number of anilines is 1. The van der Waals surface area contributed by atoms with Gasteiger partial charge in [0.15, 0.2) is 5.76 Å².